The second kappa shape index (κ2) is 10.5. The summed E-state index contributed by atoms with van der Waals surface area (Å²) < 4.78 is 12.2. The summed E-state index contributed by atoms with van der Waals surface area (Å²) in [5.74, 6) is 1.64. The number of ether oxygens (including phenoxy) is 2. The SMILES string of the molecule is C=CCN1C(=O)/C(=C/c2ccc(OCCCOc3cccc(C)c3C)cc2)SC1=S. The van der Waals surface area contributed by atoms with E-state index in [-0.39, 0.29) is 5.91 Å². The summed E-state index contributed by atoms with van der Waals surface area (Å²) >= 11 is 6.58. The monoisotopic (exact) mass is 439 g/mol. The number of hydrogen-bond acceptors (Lipinski definition) is 5. The molecule has 0 aliphatic carbocycles. The van der Waals surface area contributed by atoms with Crippen molar-refractivity contribution in [2.45, 2.75) is 20.3 Å². The summed E-state index contributed by atoms with van der Waals surface area (Å²) in [6, 6.07) is 13.8. The highest BCUT2D eigenvalue weighted by atomic mass is 32.2. The van der Waals surface area contributed by atoms with Gasteiger partial charge in [0.1, 0.15) is 15.8 Å². The third kappa shape index (κ3) is 5.52. The molecule has 30 heavy (non-hydrogen) atoms. The van der Waals surface area contributed by atoms with Crippen LogP contribution in [0.1, 0.15) is 23.1 Å². The van der Waals surface area contributed by atoms with Gasteiger partial charge in [-0.25, -0.2) is 0 Å². The number of rotatable bonds is 9. The standard InChI is InChI=1S/C24H25NO3S2/c1-4-13-25-23(26)22(30-24(25)29)16-19-9-11-20(12-10-19)27-14-6-15-28-21-8-5-7-17(2)18(21)3/h4-5,7-12,16H,1,6,13-15H2,2-3H3/b22-16-. The molecular weight excluding hydrogens is 414 g/mol. The Bertz CT molecular complexity index is 967. The topological polar surface area (TPSA) is 38.8 Å². The molecule has 0 saturated carbocycles. The average molecular weight is 440 g/mol. The molecule has 6 heteroatoms. The zero-order chi connectivity index (χ0) is 21.5. The molecule has 0 N–H and O–H groups in total. The number of aryl methyl sites for hydroxylation is 1. The molecule has 2 aromatic carbocycles. The molecule has 2 aromatic rings. The van der Waals surface area contributed by atoms with Gasteiger partial charge in [0.2, 0.25) is 0 Å². The second-order valence-electron chi connectivity index (χ2n) is 6.90. The molecule has 4 nitrogen and oxygen atoms in total. The molecule has 156 valence electrons. The molecule has 0 spiro atoms. The van der Waals surface area contributed by atoms with Crippen molar-refractivity contribution in [3.63, 3.8) is 0 Å². The lowest BCUT2D eigenvalue weighted by Gasteiger charge is -2.11. The van der Waals surface area contributed by atoms with Crippen LogP contribution in [0.3, 0.4) is 0 Å². The minimum absolute atomic E-state index is 0.0749. The number of carbonyl (C=O) groups is 1. The maximum absolute atomic E-state index is 12.4. The van der Waals surface area contributed by atoms with Crippen LogP contribution < -0.4 is 9.47 Å². The van der Waals surface area contributed by atoms with Gasteiger partial charge in [-0.2, -0.15) is 0 Å². The van der Waals surface area contributed by atoms with Crippen LogP contribution in [0.15, 0.2) is 60.0 Å². The fraction of sp³-hybridized carbons (Fsp3) is 0.250. The number of benzene rings is 2. The lowest BCUT2D eigenvalue weighted by atomic mass is 10.1. The molecule has 1 heterocycles. The van der Waals surface area contributed by atoms with E-state index in [1.54, 1.807) is 11.0 Å². The first-order valence-corrected chi connectivity index (χ1v) is 11.0. The van der Waals surface area contributed by atoms with Gasteiger partial charge in [-0.1, -0.05) is 54.3 Å². The molecule has 0 aromatic heterocycles. The number of carbonyl (C=O) groups excluding carboxylic acids is 1. The molecule has 0 unspecified atom stereocenters. The zero-order valence-electron chi connectivity index (χ0n) is 17.2. The summed E-state index contributed by atoms with van der Waals surface area (Å²) in [4.78, 5) is 14.6. The van der Waals surface area contributed by atoms with Gasteiger partial charge in [0.05, 0.1) is 18.1 Å². The van der Waals surface area contributed by atoms with E-state index in [9.17, 15) is 4.79 Å². The van der Waals surface area contributed by atoms with Gasteiger partial charge < -0.3 is 9.47 Å². The van der Waals surface area contributed by atoms with Crippen molar-refractivity contribution < 1.29 is 14.3 Å². The van der Waals surface area contributed by atoms with Crippen LogP contribution in [0.2, 0.25) is 0 Å². The highest BCUT2D eigenvalue weighted by Gasteiger charge is 2.30. The third-order valence-electron chi connectivity index (χ3n) is 4.73. The van der Waals surface area contributed by atoms with Crippen molar-refractivity contribution in [2.24, 2.45) is 0 Å². The van der Waals surface area contributed by atoms with Crippen molar-refractivity contribution in [3.8, 4) is 11.5 Å². The molecule has 1 saturated heterocycles. The van der Waals surface area contributed by atoms with Gasteiger partial charge in [0, 0.05) is 13.0 Å². The van der Waals surface area contributed by atoms with E-state index in [4.69, 9.17) is 21.7 Å². The predicted octanol–water partition coefficient (Wildman–Crippen LogP) is 5.54. The molecule has 1 fully saturated rings. The van der Waals surface area contributed by atoms with Crippen LogP contribution in [-0.4, -0.2) is 34.9 Å². The van der Waals surface area contributed by atoms with Gasteiger partial charge in [0.15, 0.2) is 0 Å². The average Bonchev–Trinajstić information content (AvgIpc) is 2.99. The van der Waals surface area contributed by atoms with Crippen LogP contribution in [0, 0.1) is 13.8 Å². The summed E-state index contributed by atoms with van der Waals surface area (Å²) in [5.41, 5.74) is 3.34. The van der Waals surface area contributed by atoms with Gasteiger partial charge >= 0.3 is 0 Å². The van der Waals surface area contributed by atoms with Gasteiger partial charge in [-0.3, -0.25) is 9.69 Å². The molecule has 1 aliphatic heterocycles. The molecule has 0 radical (unpaired) electrons. The summed E-state index contributed by atoms with van der Waals surface area (Å²) in [5, 5.41) is 0. The molecule has 0 bridgehead atoms. The Balaban J connectivity index is 1.47. The van der Waals surface area contributed by atoms with E-state index in [1.807, 2.05) is 42.5 Å². The van der Waals surface area contributed by atoms with Crippen molar-refractivity contribution >= 4 is 40.3 Å². The minimum atomic E-state index is -0.0749. The first-order valence-electron chi connectivity index (χ1n) is 9.77. The molecule has 1 aliphatic rings. The fourth-order valence-corrected chi connectivity index (χ4v) is 4.18. The van der Waals surface area contributed by atoms with Crippen molar-refractivity contribution in [1.29, 1.82) is 0 Å². The number of nitrogens with zero attached hydrogens (tertiary/aromatic N) is 1. The van der Waals surface area contributed by atoms with E-state index in [2.05, 4.69) is 26.5 Å². The largest absolute Gasteiger partial charge is 0.493 e. The fourth-order valence-electron chi connectivity index (χ4n) is 2.91. The number of amides is 1. The first kappa shape index (κ1) is 22.1. The highest BCUT2D eigenvalue weighted by molar-refractivity contribution is 8.26. The quantitative estimate of drug-likeness (QED) is 0.222. The Labute approximate surface area is 187 Å². The van der Waals surface area contributed by atoms with Crippen LogP contribution in [-0.2, 0) is 4.79 Å². The zero-order valence-corrected chi connectivity index (χ0v) is 18.9. The Hall–Kier alpha value is -2.57. The number of thiocarbonyl (C=S) groups is 1. The molecule has 3 rings (SSSR count). The van der Waals surface area contributed by atoms with Gasteiger partial charge in [-0.05, 0) is 54.8 Å². The minimum Gasteiger partial charge on any atom is -0.493 e. The van der Waals surface area contributed by atoms with E-state index < -0.39 is 0 Å². The normalized spacial score (nSPS) is 15.0. The molecule has 0 atom stereocenters. The third-order valence-corrected chi connectivity index (χ3v) is 6.11. The van der Waals surface area contributed by atoms with E-state index in [1.165, 1.54) is 22.9 Å². The summed E-state index contributed by atoms with van der Waals surface area (Å²) in [6.45, 7) is 9.43. The Morgan fingerprint density at radius 3 is 2.57 bits per heavy atom. The predicted molar refractivity (Wildman–Crippen MR) is 128 cm³/mol. The maximum Gasteiger partial charge on any atom is 0.266 e. The van der Waals surface area contributed by atoms with Gasteiger partial charge in [-0.15, -0.1) is 6.58 Å². The second-order valence-corrected chi connectivity index (χ2v) is 8.57. The van der Waals surface area contributed by atoms with Crippen LogP contribution in [0.5, 0.6) is 11.5 Å². The molecular formula is C24H25NO3S2. The van der Waals surface area contributed by atoms with E-state index >= 15 is 0 Å². The van der Waals surface area contributed by atoms with Crippen molar-refractivity contribution in [3.05, 3.63) is 76.7 Å². The number of thioether (sulfide) groups is 1. The Kier molecular flexibility index (Phi) is 7.71. The summed E-state index contributed by atoms with van der Waals surface area (Å²) in [7, 11) is 0. The Morgan fingerprint density at radius 2 is 1.83 bits per heavy atom. The highest BCUT2D eigenvalue weighted by Crippen LogP contribution is 2.32. The maximum atomic E-state index is 12.4. The lowest BCUT2D eigenvalue weighted by Crippen LogP contribution is -2.27. The van der Waals surface area contributed by atoms with Crippen LogP contribution in [0.4, 0.5) is 0 Å². The van der Waals surface area contributed by atoms with Crippen molar-refractivity contribution in [2.75, 3.05) is 19.8 Å². The van der Waals surface area contributed by atoms with Gasteiger partial charge in [0.25, 0.3) is 5.91 Å². The van der Waals surface area contributed by atoms with E-state index in [0.29, 0.717) is 29.0 Å². The summed E-state index contributed by atoms with van der Waals surface area (Å²) in [6.07, 6.45) is 4.32. The lowest BCUT2D eigenvalue weighted by molar-refractivity contribution is -0.121. The first-order chi connectivity index (χ1) is 14.5. The number of hydrogen-bond donors (Lipinski definition) is 0. The smallest absolute Gasteiger partial charge is 0.266 e. The van der Waals surface area contributed by atoms with Crippen LogP contribution in [0.25, 0.3) is 6.08 Å². The van der Waals surface area contributed by atoms with Crippen molar-refractivity contribution in [1.82, 2.24) is 4.90 Å². The Morgan fingerprint density at radius 1 is 1.10 bits per heavy atom. The van der Waals surface area contributed by atoms with E-state index in [0.717, 1.165) is 23.5 Å². The molecule has 1 amide bonds. The van der Waals surface area contributed by atoms with Crippen LogP contribution >= 0.6 is 24.0 Å².